The highest BCUT2D eigenvalue weighted by atomic mass is 14.9. The fraction of sp³-hybridized carbons (Fsp3) is 0.0938. The molecular formula is C32H28N4. The van der Waals surface area contributed by atoms with E-state index < -0.39 is 0 Å². The maximum absolute atomic E-state index is 9.49. The van der Waals surface area contributed by atoms with Crippen molar-refractivity contribution in [2.75, 3.05) is 12.4 Å². The van der Waals surface area contributed by atoms with Crippen LogP contribution in [-0.4, -0.2) is 17.0 Å². The van der Waals surface area contributed by atoms with E-state index in [2.05, 4.69) is 35.7 Å². The molecule has 4 nitrogen and oxygen atoms in total. The van der Waals surface area contributed by atoms with Crippen molar-refractivity contribution in [2.45, 2.75) is 13.8 Å². The summed E-state index contributed by atoms with van der Waals surface area (Å²) in [6.45, 7) is 4.00. The summed E-state index contributed by atoms with van der Waals surface area (Å²) in [4.78, 5) is 10.4. The maximum atomic E-state index is 9.49. The van der Waals surface area contributed by atoms with Gasteiger partial charge < -0.3 is 5.32 Å². The lowest BCUT2D eigenvalue weighted by atomic mass is 9.98. The van der Waals surface area contributed by atoms with Crippen molar-refractivity contribution in [1.82, 2.24) is 9.97 Å². The Hall–Kier alpha value is -4.75. The lowest BCUT2D eigenvalue weighted by Gasteiger charge is -2.16. The van der Waals surface area contributed by atoms with Gasteiger partial charge in [0.1, 0.15) is 0 Å². The summed E-state index contributed by atoms with van der Waals surface area (Å²) < 4.78 is 0. The van der Waals surface area contributed by atoms with Gasteiger partial charge in [-0.2, -0.15) is 5.26 Å². The maximum Gasteiger partial charge on any atom is 0.0991 e. The van der Waals surface area contributed by atoms with Gasteiger partial charge in [0.2, 0.25) is 0 Å². The van der Waals surface area contributed by atoms with Gasteiger partial charge >= 0.3 is 0 Å². The molecular weight excluding hydrogens is 440 g/mol. The van der Waals surface area contributed by atoms with E-state index in [9.17, 15) is 5.26 Å². The van der Waals surface area contributed by atoms with Gasteiger partial charge in [0.25, 0.3) is 0 Å². The van der Waals surface area contributed by atoms with Crippen molar-refractivity contribution in [3.63, 3.8) is 0 Å². The zero-order chi connectivity index (χ0) is 25.3. The van der Waals surface area contributed by atoms with Crippen LogP contribution >= 0.6 is 0 Å². The average molecular weight is 469 g/mol. The number of nitrogens with zero attached hydrogens (tertiary/aromatic N) is 3. The average Bonchev–Trinajstić information content (AvgIpc) is 2.98. The molecule has 0 spiro atoms. The second kappa shape index (κ2) is 11.6. The van der Waals surface area contributed by atoms with E-state index in [1.54, 1.807) is 6.07 Å². The van der Waals surface area contributed by atoms with Crippen molar-refractivity contribution >= 4 is 5.69 Å². The molecule has 0 aliphatic carbocycles. The standard InChI is InChI=1S/C30H22N4.C2H6/c1-32-26-17-9-16-25(19-26)30-28(23-13-6-3-7-14-23)33-27(22-11-4-2-5-12-22)29(34-30)24-15-8-10-21(18-24)20-31;1-2/h2-19,32H,1H3;1-2H3. The van der Waals surface area contributed by atoms with Gasteiger partial charge in [-0.15, -0.1) is 0 Å². The van der Waals surface area contributed by atoms with Gasteiger partial charge in [-0.05, 0) is 24.3 Å². The number of anilines is 1. The molecule has 5 rings (SSSR count). The number of rotatable bonds is 5. The Balaban J connectivity index is 0.00000148. The summed E-state index contributed by atoms with van der Waals surface area (Å²) in [5.41, 5.74) is 8.51. The number of aromatic nitrogens is 2. The van der Waals surface area contributed by atoms with Crippen molar-refractivity contribution in [3.05, 3.63) is 115 Å². The van der Waals surface area contributed by atoms with Crippen LogP contribution < -0.4 is 5.32 Å². The van der Waals surface area contributed by atoms with Gasteiger partial charge in [0, 0.05) is 35.0 Å². The smallest absolute Gasteiger partial charge is 0.0991 e. The Labute approximate surface area is 213 Å². The van der Waals surface area contributed by atoms with E-state index in [0.717, 1.165) is 50.7 Å². The third kappa shape index (κ3) is 5.16. The third-order valence-corrected chi connectivity index (χ3v) is 5.68. The van der Waals surface area contributed by atoms with Crippen molar-refractivity contribution in [3.8, 4) is 51.1 Å². The summed E-state index contributed by atoms with van der Waals surface area (Å²) in [5, 5.41) is 12.7. The number of nitriles is 1. The first-order valence-corrected chi connectivity index (χ1v) is 12.1. The van der Waals surface area contributed by atoms with E-state index in [0.29, 0.717) is 5.56 Å². The van der Waals surface area contributed by atoms with Gasteiger partial charge in [-0.1, -0.05) is 98.8 Å². The lowest BCUT2D eigenvalue weighted by Crippen LogP contribution is -2.01. The fourth-order valence-corrected chi connectivity index (χ4v) is 3.99. The van der Waals surface area contributed by atoms with Gasteiger partial charge in [0.05, 0.1) is 34.4 Å². The minimum atomic E-state index is 0.587. The van der Waals surface area contributed by atoms with Gasteiger partial charge in [-0.3, -0.25) is 0 Å². The van der Waals surface area contributed by atoms with Crippen LogP contribution in [0.4, 0.5) is 5.69 Å². The third-order valence-electron chi connectivity index (χ3n) is 5.68. The highest BCUT2D eigenvalue weighted by molar-refractivity contribution is 5.87. The van der Waals surface area contributed by atoms with E-state index in [1.165, 1.54) is 0 Å². The monoisotopic (exact) mass is 468 g/mol. The largest absolute Gasteiger partial charge is 0.388 e. The second-order valence-corrected chi connectivity index (χ2v) is 7.87. The number of benzene rings is 4. The molecule has 4 aromatic carbocycles. The molecule has 0 aliphatic rings. The Morgan fingerprint density at radius 1 is 0.556 bits per heavy atom. The predicted octanol–water partition coefficient (Wildman–Crippen LogP) is 8.08. The molecule has 1 heterocycles. The molecule has 176 valence electrons. The van der Waals surface area contributed by atoms with Crippen LogP contribution in [0.1, 0.15) is 19.4 Å². The van der Waals surface area contributed by atoms with Crippen molar-refractivity contribution in [2.24, 2.45) is 0 Å². The fourth-order valence-electron chi connectivity index (χ4n) is 3.99. The van der Waals surface area contributed by atoms with Crippen LogP contribution in [0, 0.1) is 11.3 Å². The minimum Gasteiger partial charge on any atom is -0.388 e. The molecule has 0 aliphatic heterocycles. The zero-order valence-corrected chi connectivity index (χ0v) is 20.7. The Bertz CT molecular complexity index is 1490. The van der Waals surface area contributed by atoms with Crippen LogP contribution in [0.5, 0.6) is 0 Å². The quantitative estimate of drug-likeness (QED) is 0.283. The Morgan fingerprint density at radius 2 is 1.00 bits per heavy atom. The number of hydrogen-bond acceptors (Lipinski definition) is 4. The molecule has 36 heavy (non-hydrogen) atoms. The topological polar surface area (TPSA) is 61.6 Å². The van der Waals surface area contributed by atoms with Crippen LogP contribution in [0.15, 0.2) is 109 Å². The summed E-state index contributed by atoms with van der Waals surface area (Å²) in [5.74, 6) is 0. The van der Waals surface area contributed by atoms with Gasteiger partial charge in [0.15, 0.2) is 0 Å². The Morgan fingerprint density at radius 3 is 1.50 bits per heavy atom. The molecule has 0 saturated heterocycles. The van der Waals surface area contributed by atoms with Crippen LogP contribution in [-0.2, 0) is 0 Å². The van der Waals surface area contributed by atoms with Crippen molar-refractivity contribution in [1.29, 1.82) is 5.26 Å². The predicted molar refractivity (Wildman–Crippen MR) is 149 cm³/mol. The molecule has 0 unspecified atom stereocenters. The first-order chi connectivity index (χ1) is 17.8. The molecule has 0 fully saturated rings. The minimum absolute atomic E-state index is 0.587. The summed E-state index contributed by atoms with van der Waals surface area (Å²) in [6, 6.07) is 38.1. The zero-order valence-electron chi connectivity index (χ0n) is 20.7. The van der Waals surface area contributed by atoms with Crippen LogP contribution in [0.25, 0.3) is 45.0 Å². The first-order valence-electron chi connectivity index (χ1n) is 12.1. The highest BCUT2D eigenvalue weighted by Crippen LogP contribution is 2.37. The van der Waals surface area contributed by atoms with Crippen LogP contribution in [0.2, 0.25) is 0 Å². The molecule has 0 radical (unpaired) electrons. The molecule has 0 amide bonds. The van der Waals surface area contributed by atoms with Crippen LogP contribution in [0.3, 0.4) is 0 Å². The van der Waals surface area contributed by atoms with Crippen molar-refractivity contribution < 1.29 is 0 Å². The molecule has 0 saturated carbocycles. The lowest BCUT2D eigenvalue weighted by molar-refractivity contribution is 1.21. The first kappa shape index (κ1) is 24.4. The molecule has 0 atom stereocenters. The molecule has 1 N–H and O–H groups in total. The molecule has 5 aromatic rings. The summed E-state index contributed by atoms with van der Waals surface area (Å²) in [7, 11) is 1.90. The van der Waals surface area contributed by atoms with Gasteiger partial charge in [-0.25, -0.2) is 9.97 Å². The summed E-state index contributed by atoms with van der Waals surface area (Å²) >= 11 is 0. The SMILES string of the molecule is CC.CNc1cccc(-c2nc(-c3cccc(C#N)c3)c(-c3ccccc3)nc2-c2ccccc2)c1. The van der Waals surface area contributed by atoms with E-state index in [4.69, 9.17) is 9.97 Å². The highest BCUT2D eigenvalue weighted by Gasteiger charge is 2.19. The van der Waals surface area contributed by atoms with E-state index in [1.807, 2.05) is 99.8 Å². The molecule has 1 aromatic heterocycles. The summed E-state index contributed by atoms with van der Waals surface area (Å²) in [6.07, 6.45) is 0. The normalized spacial score (nSPS) is 10.1. The number of hydrogen-bond donors (Lipinski definition) is 1. The van der Waals surface area contributed by atoms with E-state index in [-0.39, 0.29) is 0 Å². The number of nitrogens with one attached hydrogen (secondary N) is 1. The second-order valence-electron chi connectivity index (χ2n) is 7.87. The molecule has 0 bridgehead atoms. The van der Waals surface area contributed by atoms with E-state index >= 15 is 0 Å². The molecule has 4 heteroatoms. The Kier molecular flexibility index (Phi) is 7.85.